The normalized spacial score (nSPS) is 10.8. The molecule has 0 unspecified atom stereocenters. The zero-order chi connectivity index (χ0) is 26.4. The minimum atomic E-state index is -0.400. The van der Waals surface area contributed by atoms with Gasteiger partial charge in [-0.05, 0) is 36.4 Å². The van der Waals surface area contributed by atoms with Gasteiger partial charge in [-0.15, -0.1) is 10.2 Å². The highest BCUT2D eigenvalue weighted by molar-refractivity contribution is 7.99. The van der Waals surface area contributed by atoms with Gasteiger partial charge in [0.05, 0.1) is 33.1 Å². The Kier molecular flexibility index (Phi) is 9.34. The number of carbonyl (C=O) groups is 2. The third-order valence-electron chi connectivity index (χ3n) is 4.99. The number of amides is 1. The first-order valence-electron chi connectivity index (χ1n) is 10.8. The van der Waals surface area contributed by atoms with E-state index in [1.54, 1.807) is 47.0 Å². The van der Waals surface area contributed by atoms with Gasteiger partial charge in [0, 0.05) is 10.6 Å². The van der Waals surface area contributed by atoms with Crippen LogP contribution in [0.3, 0.4) is 0 Å². The molecule has 0 bridgehead atoms. The number of nitrogens with zero attached hydrogens (tertiary/aromatic N) is 3. The topological polar surface area (TPSA) is 86.1 Å². The molecule has 1 amide bonds. The van der Waals surface area contributed by atoms with Crippen molar-refractivity contribution in [3.8, 4) is 11.4 Å². The molecule has 0 aliphatic carbocycles. The number of Topliss-reactive ketones (excluding diaryl/α,β-unsaturated/α-hetero) is 1. The summed E-state index contributed by atoms with van der Waals surface area (Å²) in [7, 11) is 0. The van der Waals surface area contributed by atoms with E-state index in [0.717, 1.165) is 0 Å². The van der Waals surface area contributed by atoms with Crippen molar-refractivity contribution in [3.63, 3.8) is 0 Å². The van der Waals surface area contributed by atoms with Crippen molar-refractivity contribution < 1.29 is 14.3 Å². The van der Waals surface area contributed by atoms with Crippen molar-refractivity contribution in [3.05, 3.63) is 98.2 Å². The molecule has 4 rings (SSSR count). The average Bonchev–Trinajstić information content (AvgIpc) is 3.30. The first-order valence-corrected chi connectivity index (χ1v) is 13.3. The first kappa shape index (κ1) is 27.3. The van der Waals surface area contributed by atoms with Crippen LogP contribution in [-0.4, -0.2) is 38.8 Å². The molecule has 12 heteroatoms. The third-order valence-corrected chi connectivity index (χ3v) is 7.18. The molecule has 3 aromatic carbocycles. The molecule has 4 aromatic rings. The minimum absolute atomic E-state index is 0.0387. The second-order valence-corrected chi connectivity index (χ2v) is 10.2. The average molecular weight is 596 g/mol. The molecule has 1 aromatic heterocycles. The zero-order valence-corrected chi connectivity index (χ0v) is 22.8. The molecule has 0 radical (unpaired) electrons. The molecule has 0 saturated carbocycles. The number of nitrogens with one attached hydrogen (secondary N) is 1. The van der Waals surface area contributed by atoms with E-state index < -0.39 is 5.91 Å². The highest BCUT2D eigenvalue weighted by Gasteiger charge is 2.18. The quantitative estimate of drug-likeness (QED) is 0.165. The lowest BCUT2D eigenvalue weighted by atomic mass is 10.2. The Labute approximate surface area is 237 Å². The fraction of sp³-hybridized carbons (Fsp3) is 0.120. The second kappa shape index (κ2) is 12.7. The summed E-state index contributed by atoms with van der Waals surface area (Å²) in [6, 6.07) is 18.8. The van der Waals surface area contributed by atoms with Gasteiger partial charge in [0.2, 0.25) is 0 Å². The maximum atomic E-state index is 12.6. The first-order chi connectivity index (χ1) is 17.8. The lowest BCUT2D eigenvalue weighted by Crippen LogP contribution is -2.29. The second-order valence-electron chi connectivity index (χ2n) is 7.55. The number of hydrogen-bond acceptors (Lipinski definition) is 6. The molecule has 0 aliphatic heterocycles. The summed E-state index contributed by atoms with van der Waals surface area (Å²) in [5.74, 6) is 0.448. The van der Waals surface area contributed by atoms with E-state index in [1.807, 2.05) is 18.2 Å². The van der Waals surface area contributed by atoms with E-state index in [2.05, 4.69) is 15.5 Å². The van der Waals surface area contributed by atoms with Gasteiger partial charge < -0.3 is 10.1 Å². The fourth-order valence-corrected chi connectivity index (χ4v) is 4.81. The smallest absolute Gasteiger partial charge is 0.258 e. The van der Waals surface area contributed by atoms with Crippen molar-refractivity contribution in [1.82, 2.24) is 20.1 Å². The summed E-state index contributed by atoms with van der Waals surface area (Å²) in [6.45, 7) is -0.230. The van der Waals surface area contributed by atoms with Gasteiger partial charge in [-0.3, -0.25) is 14.2 Å². The number of thioether (sulfide) groups is 1. The van der Waals surface area contributed by atoms with Crippen LogP contribution in [0.4, 0.5) is 0 Å². The van der Waals surface area contributed by atoms with E-state index in [0.29, 0.717) is 48.1 Å². The van der Waals surface area contributed by atoms with Crippen molar-refractivity contribution in [2.24, 2.45) is 0 Å². The predicted octanol–water partition coefficient (Wildman–Crippen LogP) is 6.55. The van der Waals surface area contributed by atoms with E-state index >= 15 is 0 Å². The summed E-state index contributed by atoms with van der Waals surface area (Å²) in [5, 5.41) is 13.2. The van der Waals surface area contributed by atoms with Crippen LogP contribution in [0, 0.1) is 0 Å². The fourth-order valence-electron chi connectivity index (χ4n) is 3.19. The molecule has 0 aliphatic rings. The maximum absolute atomic E-state index is 12.6. The summed E-state index contributed by atoms with van der Waals surface area (Å²) in [6.07, 6.45) is 0. The molecule has 190 valence electrons. The van der Waals surface area contributed by atoms with Gasteiger partial charge in [0.25, 0.3) is 5.91 Å². The Morgan fingerprint density at radius 2 is 1.68 bits per heavy atom. The van der Waals surface area contributed by atoms with Crippen LogP contribution in [0.2, 0.25) is 20.1 Å². The van der Waals surface area contributed by atoms with Crippen molar-refractivity contribution in [1.29, 1.82) is 0 Å². The van der Waals surface area contributed by atoms with Crippen LogP contribution in [0.15, 0.2) is 71.9 Å². The minimum Gasteiger partial charge on any atom is -0.482 e. The van der Waals surface area contributed by atoms with Crippen LogP contribution in [0.5, 0.6) is 5.75 Å². The van der Waals surface area contributed by atoms with Gasteiger partial charge in [-0.2, -0.15) is 0 Å². The maximum Gasteiger partial charge on any atom is 0.258 e. The third kappa shape index (κ3) is 7.18. The Morgan fingerprint density at radius 3 is 2.41 bits per heavy atom. The van der Waals surface area contributed by atoms with Gasteiger partial charge in [0.15, 0.2) is 23.4 Å². The summed E-state index contributed by atoms with van der Waals surface area (Å²) < 4.78 is 7.19. The highest BCUT2D eigenvalue weighted by atomic mass is 35.5. The van der Waals surface area contributed by atoms with Gasteiger partial charge in [0.1, 0.15) is 5.75 Å². The number of aromatic nitrogens is 3. The van der Waals surface area contributed by atoms with Crippen LogP contribution in [0.25, 0.3) is 5.69 Å². The van der Waals surface area contributed by atoms with Crippen molar-refractivity contribution >= 4 is 69.9 Å². The van der Waals surface area contributed by atoms with E-state index in [1.165, 1.54) is 17.8 Å². The number of halogens is 4. The summed E-state index contributed by atoms with van der Waals surface area (Å²) in [5.41, 5.74) is 1.23. The number of carbonyl (C=O) groups excluding carboxylic acids is 2. The molecule has 0 atom stereocenters. The van der Waals surface area contributed by atoms with Crippen LogP contribution in [0.1, 0.15) is 16.2 Å². The number of rotatable bonds is 10. The van der Waals surface area contributed by atoms with Gasteiger partial charge in [-0.1, -0.05) is 88.5 Å². The van der Waals surface area contributed by atoms with Crippen LogP contribution in [-0.2, 0) is 11.3 Å². The molecule has 1 N–H and O–H groups in total. The Balaban J connectivity index is 1.48. The molecular weight excluding hydrogens is 578 g/mol. The molecule has 37 heavy (non-hydrogen) atoms. The number of hydrogen-bond donors (Lipinski definition) is 1. The number of benzene rings is 3. The van der Waals surface area contributed by atoms with E-state index in [4.69, 9.17) is 51.1 Å². The SMILES string of the molecule is O=C(COc1ccc(Cl)cc1Cl)NCc1nnc(SCC(=O)c2ccccc2)n1-c1ccc(Cl)c(Cl)c1. The molecule has 0 saturated heterocycles. The predicted molar refractivity (Wildman–Crippen MR) is 147 cm³/mol. The largest absolute Gasteiger partial charge is 0.482 e. The van der Waals surface area contributed by atoms with Gasteiger partial charge >= 0.3 is 0 Å². The monoisotopic (exact) mass is 594 g/mol. The van der Waals surface area contributed by atoms with Crippen molar-refractivity contribution in [2.45, 2.75) is 11.7 Å². The number of ether oxygens (including phenoxy) is 1. The van der Waals surface area contributed by atoms with Gasteiger partial charge in [-0.25, -0.2) is 0 Å². The van der Waals surface area contributed by atoms with Crippen LogP contribution >= 0.6 is 58.2 Å². The standard InChI is InChI=1S/C25H18Cl4N4O3S/c26-16-6-9-22(20(29)10-16)36-13-24(35)30-12-23-31-32-25(33(23)17-7-8-18(27)19(28)11-17)37-14-21(34)15-4-2-1-3-5-15/h1-11H,12-14H2,(H,30,35). The Bertz CT molecular complexity index is 1430. The molecule has 0 spiro atoms. The van der Waals surface area contributed by atoms with E-state index in [9.17, 15) is 9.59 Å². The molecule has 7 nitrogen and oxygen atoms in total. The summed E-state index contributed by atoms with van der Waals surface area (Å²) in [4.78, 5) is 25.1. The Hall–Kier alpha value is -2.75. The summed E-state index contributed by atoms with van der Waals surface area (Å²) >= 11 is 25.5. The zero-order valence-electron chi connectivity index (χ0n) is 19.0. The molecule has 0 fully saturated rings. The number of ketones is 1. The molecule has 1 heterocycles. The van der Waals surface area contributed by atoms with E-state index in [-0.39, 0.29) is 24.7 Å². The molecular formula is C25H18Cl4N4O3S. The van der Waals surface area contributed by atoms with Crippen LogP contribution < -0.4 is 10.1 Å². The highest BCUT2D eigenvalue weighted by Crippen LogP contribution is 2.29. The Morgan fingerprint density at radius 1 is 0.892 bits per heavy atom. The van der Waals surface area contributed by atoms with Crippen molar-refractivity contribution in [2.75, 3.05) is 12.4 Å². The lowest BCUT2D eigenvalue weighted by Gasteiger charge is -2.12. The lowest BCUT2D eigenvalue weighted by molar-refractivity contribution is -0.123.